The van der Waals surface area contributed by atoms with Crippen molar-refractivity contribution >= 4 is 10.0 Å². The summed E-state index contributed by atoms with van der Waals surface area (Å²) < 4.78 is 28.4. The van der Waals surface area contributed by atoms with Gasteiger partial charge in [0.2, 0.25) is 10.0 Å². The average Bonchev–Trinajstić information content (AvgIpc) is 2.88. The van der Waals surface area contributed by atoms with Gasteiger partial charge in [-0.25, -0.2) is 8.42 Å². The number of sulfonamides is 1. The highest BCUT2D eigenvalue weighted by Gasteiger charge is 2.50. The van der Waals surface area contributed by atoms with Crippen LogP contribution in [0.2, 0.25) is 0 Å². The Hall–Kier alpha value is -2.95. The van der Waals surface area contributed by atoms with Gasteiger partial charge in [0.1, 0.15) is 0 Å². The minimum Gasteiger partial charge on any atom is -0.395 e. The largest absolute Gasteiger partial charge is 0.395 e. The van der Waals surface area contributed by atoms with Crippen molar-refractivity contribution in [3.05, 3.63) is 102 Å². The molecule has 5 rings (SSSR count). The van der Waals surface area contributed by atoms with E-state index in [1.807, 2.05) is 48.5 Å². The zero-order valence-electron chi connectivity index (χ0n) is 19.6. The summed E-state index contributed by atoms with van der Waals surface area (Å²) in [5.41, 5.74) is 3.02. The summed E-state index contributed by atoms with van der Waals surface area (Å²) in [6, 6.07) is 26.8. The number of aliphatic hydroxyl groups is 1. The zero-order valence-corrected chi connectivity index (χ0v) is 20.4. The van der Waals surface area contributed by atoms with Crippen LogP contribution >= 0.6 is 0 Å². The molecule has 2 saturated heterocycles. The Bertz CT molecular complexity index is 1300. The van der Waals surface area contributed by atoms with Crippen LogP contribution in [-0.2, 0) is 10.0 Å². The number of hydrogen-bond donors (Lipinski definition) is 1. The van der Waals surface area contributed by atoms with Crippen molar-refractivity contribution in [1.29, 1.82) is 0 Å². The normalized spacial score (nSPS) is 23.2. The standard InChI is InChI=1S/C29H30N2O3S/c32-22-28-29(25-17-15-24(16-18-25)14-13-23-9-3-1-4-10-23)27-21-30(19-7-8-20-31(27)28)35(33,34)26-11-5-2-6-12-26/h1-6,9-12,15-18,27-29,32H,7-8,19-22H2/t27-,28+,29-/m0/s1. The molecule has 35 heavy (non-hydrogen) atoms. The molecule has 180 valence electrons. The third-order valence-electron chi connectivity index (χ3n) is 7.13. The molecule has 1 N–H and O–H groups in total. The maximum absolute atomic E-state index is 13.4. The number of nitrogens with zero attached hydrogens (tertiary/aromatic N) is 2. The van der Waals surface area contributed by atoms with E-state index < -0.39 is 10.0 Å². The predicted molar refractivity (Wildman–Crippen MR) is 137 cm³/mol. The summed E-state index contributed by atoms with van der Waals surface area (Å²) in [5, 5.41) is 10.2. The second kappa shape index (κ2) is 10.3. The fourth-order valence-corrected chi connectivity index (χ4v) is 6.84. The van der Waals surface area contributed by atoms with Gasteiger partial charge >= 0.3 is 0 Å². The molecule has 0 unspecified atom stereocenters. The number of aliphatic hydroxyl groups excluding tert-OH is 1. The summed E-state index contributed by atoms with van der Waals surface area (Å²) in [6.07, 6.45) is 1.72. The van der Waals surface area contributed by atoms with E-state index in [1.54, 1.807) is 28.6 Å². The van der Waals surface area contributed by atoms with E-state index in [4.69, 9.17) is 0 Å². The molecule has 6 heteroatoms. The first-order valence-corrected chi connectivity index (χ1v) is 13.6. The monoisotopic (exact) mass is 486 g/mol. The van der Waals surface area contributed by atoms with Crippen molar-refractivity contribution in [3.63, 3.8) is 0 Å². The maximum Gasteiger partial charge on any atom is 0.243 e. The molecule has 5 nitrogen and oxygen atoms in total. The van der Waals surface area contributed by atoms with Crippen molar-refractivity contribution in [3.8, 4) is 11.8 Å². The van der Waals surface area contributed by atoms with Crippen LogP contribution in [0.25, 0.3) is 0 Å². The van der Waals surface area contributed by atoms with Crippen molar-refractivity contribution < 1.29 is 13.5 Å². The van der Waals surface area contributed by atoms with E-state index in [2.05, 4.69) is 28.9 Å². The minimum absolute atomic E-state index is 0.000585. The molecule has 0 aromatic heterocycles. The molecule has 0 saturated carbocycles. The smallest absolute Gasteiger partial charge is 0.243 e. The molecule has 0 aliphatic carbocycles. The Labute approximate surface area is 208 Å². The number of benzene rings is 3. The number of fused-ring (bicyclic) bond motifs is 1. The van der Waals surface area contributed by atoms with Crippen LogP contribution in [0.3, 0.4) is 0 Å². The summed E-state index contributed by atoms with van der Waals surface area (Å²) in [6.45, 7) is 1.88. The van der Waals surface area contributed by atoms with Crippen LogP contribution in [-0.4, -0.2) is 61.1 Å². The van der Waals surface area contributed by atoms with E-state index in [-0.39, 0.29) is 24.6 Å². The Morgan fingerprint density at radius 2 is 1.40 bits per heavy atom. The van der Waals surface area contributed by atoms with Gasteiger partial charge in [0.25, 0.3) is 0 Å². The third kappa shape index (κ3) is 4.91. The molecule has 0 amide bonds. The van der Waals surface area contributed by atoms with Gasteiger partial charge in [0.15, 0.2) is 0 Å². The van der Waals surface area contributed by atoms with Gasteiger partial charge in [-0.05, 0) is 61.3 Å². The highest BCUT2D eigenvalue weighted by Crippen LogP contribution is 2.42. The Morgan fingerprint density at radius 1 is 0.800 bits per heavy atom. The maximum atomic E-state index is 13.4. The molecule has 0 spiro atoms. The van der Waals surface area contributed by atoms with E-state index >= 15 is 0 Å². The van der Waals surface area contributed by atoms with Gasteiger partial charge in [0, 0.05) is 42.2 Å². The van der Waals surface area contributed by atoms with Gasteiger partial charge < -0.3 is 5.11 Å². The van der Waals surface area contributed by atoms with Crippen LogP contribution in [0.5, 0.6) is 0 Å². The van der Waals surface area contributed by atoms with Gasteiger partial charge in [-0.2, -0.15) is 4.31 Å². The Morgan fingerprint density at radius 3 is 2.06 bits per heavy atom. The Kier molecular flexibility index (Phi) is 7.03. The SMILES string of the molecule is O=S(=O)(c1ccccc1)N1CCCCN2[C@H](CO)[C@@H](c3ccc(C#Cc4ccccc4)cc3)[C@@H]2C1. The molecule has 0 bridgehead atoms. The molecule has 3 atom stereocenters. The zero-order chi connectivity index (χ0) is 24.3. The molecule has 3 aromatic carbocycles. The van der Waals surface area contributed by atoms with E-state index in [1.165, 1.54) is 0 Å². The summed E-state index contributed by atoms with van der Waals surface area (Å²) in [5.74, 6) is 6.47. The van der Waals surface area contributed by atoms with Crippen LogP contribution in [0, 0.1) is 11.8 Å². The van der Waals surface area contributed by atoms with Crippen LogP contribution in [0.15, 0.2) is 89.8 Å². The summed E-state index contributed by atoms with van der Waals surface area (Å²) in [7, 11) is -3.57. The first kappa shape index (κ1) is 23.8. The lowest BCUT2D eigenvalue weighted by Crippen LogP contribution is -2.67. The molecular formula is C29H30N2O3S. The fourth-order valence-electron chi connectivity index (χ4n) is 5.32. The van der Waals surface area contributed by atoms with E-state index in [0.29, 0.717) is 18.0 Å². The quantitative estimate of drug-likeness (QED) is 0.572. The fraction of sp³-hybridized carbons (Fsp3) is 0.310. The summed E-state index contributed by atoms with van der Waals surface area (Å²) in [4.78, 5) is 2.63. The van der Waals surface area contributed by atoms with Gasteiger partial charge in [-0.1, -0.05) is 60.4 Å². The lowest BCUT2D eigenvalue weighted by atomic mass is 9.74. The molecule has 2 aliphatic heterocycles. The highest BCUT2D eigenvalue weighted by molar-refractivity contribution is 7.89. The van der Waals surface area contributed by atoms with Gasteiger partial charge in [-0.3, -0.25) is 4.90 Å². The molecule has 3 aromatic rings. The average molecular weight is 487 g/mol. The third-order valence-corrected chi connectivity index (χ3v) is 9.01. The Balaban J connectivity index is 1.38. The molecular weight excluding hydrogens is 456 g/mol. The van der Waals surface area contributed by atoms with Crippen molar-refractivity contribution in [2.45, 2.75) is 35.7 Å². The molecule has 0 radical (unpaired) electrons. The summed E-state index contributed by atoms with van der Waals surface area (Å²) >= 11 is 0. The van der Waals surface area contributed by atoms with Crippen LogP contribution < -0.4 is 0 Å². The number of hydrogen-bond acceptors (Lipinski definition) is 4. The minimum atomic E-state index is -3.57. The molecule has 2 fully saturated rings. The lowest BCUT2D eigenvalue weighted by Gasteiger charge is -2.57. The first-order chi connectivity index (χ1) is 17.1. The topological polar surface area (TPSA) is 60.9 Å². The van der Waals surface area contributed by atoms with Crippen LogP contribution in [0.4, 0.5) is 0 Å². The second-order valence-electron chi connectivity index (χ2n) is 9.20. The molecule has 2 heterocycles. The van der Waals surface area contributed by atoms with Crippen LogP contribution in [0.1, 0.15) is 35.4 Å². The van der Waals surface area contributed by atoms with Gasteiger partial charge in [0.05, 0.1) is 11.5 Å². The van der Waals surface area contributed by atoms with Crippen molar-refractivity contribution in [1.82, 2.24) is 9.21 Å². The lowest BCUT2D eigenvalue weighted by molar-refractivity contribution is -0.0553. The van der Waals surface area contributed by atoms with E-state index in [9.17, 15) is 13.5 Å². The molecule has 2 aliphatic rings. The van der Waals surface area contributed by atoms with E-state index in [0.717, 1.165) is 36.1 Å². The van der Waals surface area contributed by atoms with Gasteiger partial charge in [-0.15, -0.1) is 0 Å². The first-order valence-electron chi connectivity index (χ1n) is 12.2. The van der Waals surface area contributed by atoms with Crippen molar-refractivity contribution in [2.75, 3.05) is 26.2 Å². The van der Waals surface area contributed by atoms with Crippen molar-refractivity contribution in [2.24, 2.45) is 0 Å². The highest BCUT2D eigenvalue weighted by atomic mass is 32.2. The second-order valence-corrected chi connectivity index (χ2v) is 11.1. The number of rotatable bonds is 4. The predicted octanol–water partition coefficient (Wildman–Crippen LogP) is 3.70.